The van der Waals surface area contributed by atoms with Gasteiger partial charge in [0, 0.05) is 26.1 Å². The molecule has 15 heavy (non-hydrogen) atoms. The Balaban J connectivity index is 1.83. The van der Waals surface area contributed by atoms with Crippen molar-refractivity contribution in [3.63, 3.8) is 0 Å². The van der Waals surface area contributed by atoms with Crippen LogP contribution in [0.15, 0.2) is 9.66 Å². The molecule has 1 saturated carbocycles. The van der Waals surface area contributed by atoms with Gasteiger partial charge in [0.1, 0.15) is 0 Å². The van der Waals surface area contributed by atoms with Crippen molar-refractivity contribution in [3.05, 3.63) is 9.66 Å². The molecule has 0 spiro atoms. The Morgan fingerprint density at radius 3 is 2.87 bits per heavy atom. The normalized spacial score (nSPS) is 30.8. The molecule has 84 valence electrons. The molecule has 0 radical (unpaired) electrons. The predicted octanol–water partition coefficient (Wildman–Crippen LogP) is 1.96. The second-order valence-electron chi connectivity index (χ2n) is 4.21. The van der Waals surface area contributed by atoms with Gasteiger partial charge in [0.25, 0.3) is 0 Å². The van der Waals surface area contributed by atoms with Crippen molar-refractivity contribution in [3.8, 4) is 0 Å². The zero-order valence-electron chi connectivity index (χ0n) is 8.91. The minimum atomic E-state index is 0.221. The van der Waals surface area contributed by atoms with E-state index in [4.69, 9.17) is 4.74 Å². The van der Waals surface area contributed by atoms with Gasteiger partial charge in [0.2, 0.25) is 5.91 Å². The van der Waals surface area contributed by atoms with Gasteiger partial charge in [-0.15, -0.1) is 0 Å². The lowest BCUT2D eigenvalue weighted by molar-refractivity contribution is -0.143. The lowest BCUT2D eigenvalue weighted by Crippen LogP contribution is -2.45. The summed E-state index contributed by atoms with van der Waals surface area (Å²) < 4.78 is 6.56. The highest BCUT2D eigenvalue weighted by Crippen LogP contribution is 2.32. The molecule has 0 aromatic carbocycles. The molecule has 3 nitrogen and oxygen atoms in total. The van der Waals surface area contributed by atoms with Crippen LogP contribution in [0.1, 0.15) is 19.3 Å². The smallest absolute Gasteiger partial charge is 0.226 e. The van der Waals surface area contributed by atoms with Crippen molar-refractivity contribution in [2.45, 2.75) is 25.4 Å². The first-order valence-corrected chi connectivity index (χ1v) is 6.44. The first kappa shape index (κ1) is 11.4. The van der Waals surface area contributed by atoms with Crippen molar-refractivity contribution in [2.75, 3.05) is 20.2 Å². The molecule has 0 aromatic rings. The lowest BCUT2D eigenvalue weighted by atomic mass is 9.81. The molecule has 2 rings (SSSR count). The fourth-order valence-electron chi connectivity index (χ4n) is 2.06. The summed E-state index contributed by atoms with van der Waals surface area (Å²) in [6.45, 7) is 1.69. The topological polar surface area (TPSA) is 29.5 Å². The molecule has 0 saturated heterocycles. The van der Waals surface area contributed by atoms with Crippen molar-refractivity contribution < 1.29 is 9.53 Å². The van der Waals surface area contributed by atoms with E-state index in [1.54, 1.807) is 7.11 Å². The molecule has 1 heterocycles. The van der Waals surface area contributed by atoms with Gasteiger partial charge in [-0.1, -0.05) is 6.08 Å². The van der Waals surface area contributed by atoms with Crippen molar-refractivity contribution in [1.29, 1.82) is 0 Å². The Morgan fingerprint density at radius 2 is 2.33 bits per heavy atom. The van der Waals surface area contributed by atoms with Crippen LogP contribution < -0.4 is 0 Å². The Bertz CT molecular complexity index is 284. The molecule has 4 heteroatoms. The van der Waals surface area contributed by atoms with E-state index in [9.17, 15) is 4.79 Å². The van der Waals surface area contributed by atoms with E-state index in [0.29, 0.717) is 12.0 Å². The number of ether oxygens (including phenoxy) is 1. The molecule has 0 bridgehead atoms. The molecule has 1 fully saturated rings. The van der Waals surface area contributed by atoms with Gasteiger partial charge < -0.3 is 9.64 Å². The maximum absolute atomic E-state index is 12.0. The third kappa shape index (κ3) is 2.53. The fraction of sp³-hybridized carbons (Fsp3) is 0.727. The summed E-state index contributed by atoms with van der Waals surface area (Å²) in [6, 6.07) is 0. The van der Waals surface area contributed by atoms with E-state index in [1.165, 1.54) is 3.58 Å². The van der Waals surface area contributed by atoms with E-state index in [0.717, 1.165) is 32.4 Å². The standard InChI is InChI=1S/C11H16INO2/c1-15-10-6-8(7-10)11(14)13-4-2-9(12)3-5-13/h2,8,10H,3-7H2,1H3. The van der Waals surface area contributed by atoms with Crippen molar-refractivity contribution in [1.82, 2.24) is 4.90 Å². The molecule has 1 aliphatic heterocycles. The zero-order chi connectivity index (χ0) is 10.8. The molecule has 1 aliphatic carbocycles. The monoisotopic (exact) mass is 321 g/mol. The fourth-order valence-corrected chi connectivity index (χ4v) is 2.50. The SMILES string of the molecule is COC1CC(C(=O)N2CC=C(I)CC2)C1. The van der Waals surface area contributed by atoms with Gasteiger partial charge in [-0.05, 0) is 45.4 Å². The highest BCUT2D eigenvalue weighted by atomic mass is 127. The van der Waals surface area contributed by atoms with Gasteiger partial charge >= 0.3 is 0 Å². The molecule has 0 N–H and O–H groups in total. The number of carbonyl (C=O) groups is 1. The number of halogens is 1. The molecule has 0 unspecified atom stereocenters. The first-order chi connectivity index (χ1) is 7.20. The lowest BCUT2D eigenvalue weighted by Gasteiger charge is -2.37. The highest BCUT2D eigenvalue weighted by molar-refractivity contribution is 14.1. The summed E-state index contributed by atoms with van der Waals surface area (Å²) in [6.07, 6.45) is 5.31. The third-order valence-corrected chi connectivity index (χ3v) is 4.22. The number of methoxy groups -OCH3 is 1. The minimum absolute atomic E-state index is 0.221. The molecular weight excluding hydrogens is 305 g/mol. The average Bonchev–Trinajstić information content (AvgIpc) is 2.17. The Hall–Kier alpha value is -0.100. The molecular formula is C11H16INO2. The van der Waals surface area contributed by atoms with Crippen LogP contribution in [0.4, 0.5) is 0 Å². The van der Waals surface area contributed by atoms with Crippen LogP contribution in [0.3, 0.4) is 0 Å². The summed E-state index contributed by atoms with van der Waals surface area (Å²) >= 11 is 2.34. The van der Waals surface area contributed by atoms with Crippen LogP contribution in [0, 0.1) is 5.92 Å². The summed E-state index contributed by atoms with van der Waals surface area (Å²) in [5, 5.41) is 0. The Morgan fingerprint density at radius 1 is 1.60 bits per heavy atom. The van der Waals surface area contributed by atoms with Crippen molar-refractivity contribution >= 4 is 28.5 Å². The largest absolute Gasteiger partial charge is 0.381 e. The van der Waals surface area contributed by atoms with Crippen molar-refractivity contribution in [2.24, 2.45) is 5.92 Å². The molecule has 2 aliphatic rings. The average molecular weight is 321 g/mol. The second kappa shape index (κ2) is 4.82. The van der Waals surface area contributed by atoms with Crippen LogP contribution >= 0.6 is 22.6 Å². The van der Waals surface area contributed by atoms with Crippen LogP contribution in [-0.2, 0) is 9.53 Å². The van der Waals surface area contributed by atoms with E-state index < -0.39 is 0 Å². The van der Waals surface area contributed by atoms with Crippen LogP contribution in [0.5, 0.6) is 0 Å². The second-order valence-corrected chi connectivity index (χ2v) is 5.60. The van der Waals surface area contributed by atoms with Gasteiger partial charge in [0.15, 0.2) is 0 Å². The highest BCUT2D eigenvalue weighted by Gasteiger charge is 2.36. The maximum atomic E-state index is 12.0. The Labute approximate surface area is 104 Å². The maximum Gasteiger partial charge on any atom is 0.226 e. The van der Waals surface area contributed by atoms with Crippen LogP contribution in [0.25, 0.3) is 0 Å². The van der Waals surface area contributed by atoms with Crippen LogP contribution in [0.2, 0.25) is 0 Å². The minimum Gasteiger partial charge on any atom is -0.381 e. The number of hydrogen-bond acceptors (Lipinski definition) is 2. The number of rotatable bonds is 2. The van der Waals surface area contributed by atoms with Crippen LogP contribution in [-0.4, -0.2) is 37.1 Å². The predicted molar refractivity (Wildman–Crippen MR) is 66.8 cm³/mol. The first-order valence-electron chi connectivity index (χ1n) is 5.37. The number of carbonyl (C=O) groups excluding carboxylic acids is 1. The van der Waals surface area contributed by atoms with E-state index in [2.05, 4.69) is 28.7 Å². The van der Waals surface area contributed by atoms with Gasteiger partial charge in [0.05, 0.1) is 6.10 Å². The number of hydrogen-bond donors (Lipinski definition) is 0. The Kier molecular flexibility index (Phi) is 3.66. The summed E-state index contributed by atoms with van der Waals surface area (Å²) in [5.74, 6) is 0.544. The molecule has 1 amide bonds. The zero-order valence-corrected chi connectivity index (χ0v) is 11.1. The summed E-state index contributed by atoms with van der Waals surface area (Å²) in [4.78, 5) is 14.0. The van der Waals surface area contributed by atoms with E-state index in [1.807, 2.05) is 4.90 Å². The number of nitrogens with zero attached hydrogens (tertiary/aromatic N) is 1. The number of amides is 1. The summed E-state index contributed by atoms with van der Waals surface area (Å²) in [7, 11) is 1.72. The van der Waals surface area contributed by atoms with Gasteiger partial charge in [-0.3, -0.25) is 4.79 Å². The third-order valence-electron chi connectivity index (χ3n) is 3.24. The summed E-state index contributed by atoms with van der Waals surface area (Å²) in [5.41, 5.74) is 0. The molecule has 0 aromatic heterocycles. The molecule has 0 atom stereocenters. The van der Waals surface area contributed by atoms with Gasteiger partial charge in [-0.2, -0.15) is 0 Å². The van der Waals surface area contributed by atoms with E-state index >= 15 is 0 Å². The van der Waals surface area contributed by atoms with E-state index in [-0.39, 0.29) is 5.92 Å². The quantitative estimate of drug-likeness (QED) is 0.728. The van der Waals surface area contributed by atoms with Gasteiger partial charge in [-0.25, -0.2) is 0 Å².